The van der Waals surface area contributed by atoms with Crippen molar-refractivity contribution >= 4 is 51.5 Å². The summed E-state index contributed by atoms with van der Waals surface area (Å²) >= 11 is 12.9. The first-order valence-electron chi connectivity index (χ1n) is 11.3. The number of fused-ring (bicyclic) bond motifs is 2. The van der Waals surface area contributed by atoms with E-state index < -0.39 is 11.9 Å². The Kier molecular flexibility index (Phi) is 6.00. The van der Waals surface area contributed by atoms with Gasteiger partial charge in [0.1, 0.15) is 21.7 Å². The first kappa shape index (κ1) is 24.6. The van der Waals surface area contributed by atoms with E-state index in [4.69, 9.17) is 32.7 Å². The molecule has 196 valence electrons. The van der Waals surface area contributed by atoms with E-state index in [0.29, 0.717) is 42.1 Å². The molecular formula is C23H17Cl2F3N8O2. The minimum atomic E-state index is -4.62. The van der Waals surface area contributed by atoms with Crippen LogP contribution in [0.5, 0.6) is 11.5 Å². The molecule has 1 N–H and O–H groups in total. The van der Waals surface area contributed by atoms with E-state index in [-0.39, 0.29) is 39.1 Å². The van der Waals surface area contributed by atoms with Crippen molar-refractivity contribution in [2.75, 3.05) is 18.5 Å². The van der Waals surface area contributed by atoms with Crippen LogP contribution in [0.3, 0.4) is 0 Å². The number of nitrogens with one attached hydrogen (secondary N) is 1. The summed E-state index contributed by atoms with van der Waals surface area (Å²) in [6.07, 6.45) is 1.95. The van der Waals surface area contributed by atoms with Gasteiger partial charge in [0, 0.05) is 43.3 Å². The maximum absolute atomic E-state index is 13.6. The molecule has 1 saturated heterocycles. The lowest BCUT2D eigenvalue weighted by Crippen LogP contribution is -2.13. The van der Waals surface area contributed by atoms with Gasteiger partial charge in [0.2, 0.25) is 5.95 Å². The normalized spacial score (nSPS) is 16.0. The quantitative estimate of drug-likeness (QED) is 0.287. The summed E-state index contributed by atoms with van der Waals surface area (Å²) < 4.78 is 55.2. The maximum Gasteiger partial charge on any atom is 0.433 e. The maximum atomic E-state index is 13.6. The van der Waals surface area contributed by atoms with Gasteiger partial charge in [-0.2, -0.15) is 23.3 Å². The number of ether oxygens (including phenoxy) is 2. The van der Waals surface area contributed by atoms with Crippen molar-refractivity contribution in [2.45, 2.75) is 18.5 Å². The van der Waals surface area contributed by atoms with E-state index in [1.54, 1.807) is 23.9 Å². The van der Waals surface area contributed by atoms with Gasteiger partial charge in [-0.15, -0.1) is 0 Å². The van der Waals surface area contributed by atoms with Crippen LogP contribution in [0, 0.1) is 0 Å². The molecule has 0 spiro atoms. The Morgan fingerprint density at radius 2 is 1.95 bits per heavy atom. The van der Waals surface area contributed by atoms with Gasteiger partial charge in [0.05, 0.1) is 19.0 Å². The van der Waals surface area contributed by atoms with Crippen LogP contribution in [0.25, 0.3) is 16.7 Å². The smallest absolute Gasteiger partial charge is 0.433 e. The average molecular weight is 565 g/mol. The van der Waals surface area contributed by atoms with E-state index in [1.807, 2.05) is 0 Å². The SMILES string of the molecule is Cn1c(Nc2cc(C3CCOC3)nc(C(F)(F)F)c2)nc2ncc(Oc3cnn4ccnc(Cl)c34)c(Cl)c21. The second-order valence-electron chi connectivity index (χ2n) is 8.57. The molecule has 10 nitrogen and oxygen atoms in total. The molecule has 1 unspecified atom stereocenters. The molecule has 1 fully saturated rings. The van der Waals surface area contributed by atoms with Crippen LogP contribution < -0.4 is 10.1 Å². The Bertz CT molecular complexity index is 1680. The molecule has 38 heavy (non-hydrogen) atoms. The predicted octanol–water partition coefficient (Wildman–Crippen LogP) is 5.77. The Balaban J connectivity index is 1.36. The van der Waals surface area contributed by atoms with Crippen molar-refractivity contribution in [3.05, 3.63) is 58.5 Å². The molecule has 0 radical (unpaired) electrons. The fourth-order valence-corrected chi connectivity index (χ4v) is 4.78. The average Bonchev–Trinajstić information content (AvgIpc) is 3.61. The third-order valence-electron chi connectivity index (χ3n) is 6.12. The number of halogens is 5. The number of aryl methyl sites for hydroxylation is 1. The summed E-state index contributed by atoms with van der Waals surface area (Å²) in [4.78, 5) is 16.6. The molecule has 1 aliphatic rings. The number of aromatic nitrogens is 7. The van der Waals surface area contributed by atoms with E-state index >= 15 is 0 Å². The van der Waals surface area contributed by atoms with Gasteiger partial charge in [-0.05, 0) is 18.6 Å². The number of nitrogens with zero attached hydrogens (tertiary/aromatic N) is 7. The van der Waals surface area contributed by atoms with Crippen molar-refractivity contribution in [3.8, 4) is 11.5 Å². The zero-order valence-corrected chi connectivity index (χ0v) is 21.0. The molecule has 6 heterocycles. The van der Waals surface area contributed by atoms with Crippen molar-refractivity contribution < 1.29 is 22.6 Å². The third-order valence-corrected chi connectivity index (χ3v) is 6.76. The van der Waals surface area contributed by atoms with E-state index in [1.165, 1.54) is 23.1 Å². The van der Waals surface area contributed by atoms with Gasteiger partial charge in [0.15, 0.2) is 22.3 Å². The number of alkyl halides is 3. The molecule has 5 aromatic rings. The number of pyridine rings is 2. The summed E-state index contributed by atoms with van der Waals surface area (Å²) in [7, 11) is 1.66. The molecule has 6 rings (SSSR count). The molecule has 0 saturated carbocycles. The molecule has 0 aliphatic carbocycles. The minimum absolute atomic E-state index is 0.175. The standard InChI is InChI=1S/C23H17Cl2F3N8O2/c1-35-19-17(24)14(38-15-9-31-36-4-3-29-20(25)18(15)36)8-30-21(19)34-22(35)32-12-6-13(11-2-5-37-10-11)33-16(7-12)23(26,27)28/h3-4,6-9,11H,2,5,10H2,1H3,(H,30,32,33,34). The lowest BCUT2D eigenvalue weighted by molar-refractivity contribution is -0.141. The fraction of sp³-hybridized carbons (Fsp3) is 0.261. The van der Waals surface area contributed by atoms with Gasteiger partial charge in [0.25, 0.3) is 0 Å². The van der Waals surface area contributed by atoms with E-state index in [9.17, 15) is 13.2 Å². The number of anilines is 2. The first-order chi connectivity index (χ1) is 18.2. The molecule has 0 amide bonds. The van der Waals surface area contributed by atoms with Crippen LogP contribution in [0.1, 0.15) is 23.7 Å². The van der Waals surface area contributed by atoms with Crippen molar-refractivity contribution in [3.63, 3.8) is 0 Å². The Morgan fingerprint density at radius 1 is 1.11 bits per heavy atom. The number of imidazole rings is 1. The van der Waals surface area contributed by atoms with Crippen LogP contribution in [-0.2, 0) is 18.0 Å². The largest absolute Gasteiger partial charge is 0.450 e. The van der Waals surface area contributed by atoms with E-state index in [0.717, 1.165) is 6.07 Å². The fourth-order valence-electron chi connectivity index (χ4n) is 4.24. The Labute approximate surface area is 222 Å². The molecular weight excluding hydrogens is 548 g/mol. The van der Waals surface area contributed by atoms with Crippen LogP contribution in [0.15, 0.2) is 36.9 Å². The molecule has 5 aromatic heterocycles. The summed E-state index contributed by atoms with van der Waals surface area (Å²) in [6, 6.07) is 2.51. The van der Waals surface area contributed by atoms with Gasteiger partial charge >= 0.3 is 6.18 Å². The summed E-state index contributed by atoms with van der Waals surface area (Å²) in [5, 5.41) is 7.51. The summed E-state index contributed by atoms with van der Waals surface area (Å²) in [5.41, 5.74) is 0.583. The lowest BCUT2D eigenvalue weighted by Gasteiger charge is -2.15. The van der Waals surface area contributed by atoms with Crippen LogP contribution in [-0.4, -0.2) is 47.3 Å². The van der Waals surface area contributed by atoms with Crippen LogP contribution >= 0.6 is 23.2 Å². The van der Waals surface area contributed by atoms with Crippen molar-refractivity contribution in [1.29, 1.82) is 0 Å². The number of hydrogen-bond donors (Lipinski definition) is 1. The highest BCUT2D eigenvalue weighted by Crippen LogP contribution is 2.38. The molecule has 15 heteroatoms. The molecule has 0 aromatic carbocycles. The van der Waals surface area contributed by atoms with Gasteiger partial charge < -0.3 is 19.4 Å². The van der Waals surface area contributed by atoms with Crippen LogP contribution in [0.2, 0.25) is 10.2 Å². The van der Waals surface area contributed by atoms with Gasteiger partial charge in [-0.3, -0.25) is 0 Å². The molecule has 0 bridgehead atoms. The lowest BCUT2D eigenvalue weighted by atomic mass is 10.0. The second kappa shape index (κ2) is 9.26. The van der Waals surface area contributed by atoms with Crippen LogP contribution in [0.4, 0.5) is 24.8 Å². The third kappa shape index (κ3) is 4.36. The Morgan fingerprint density at radius 3 is 2.71 bits per heavy atom. The summed E-state index contributed by atoms with van der Waals surface area (Å²) in [5.74, 6) is 0.516. The predicted molar refractivity (Wildman–Crippen MR) is 132 cm³/mol. The van der Waals surface area contributed by atoms with Crippen molar-refractivity contribution in [1.82, 2.24) is 34.1 Å². The minimum Gasteiger partial charge on any atom is -0.450 e. The number of rotatable bonds is 5. The zero-order valence-electron chi connectivity index (χ0n) is 19.5. The topological polar surface area (TPSA) is 104 Å². The Hall–Kier alpha value is -3.68. The van der Waals surface area contributed by atoms with Gasteiger partial charge in [-0.1, -0.05) is 23.2 Å². The molecule has 1 atom stereocenters. The monoisotopic (exact) mass is 564 g/mol. The zero-order chi connectivity index (χ0) is 26.6. The highest BCUT2D eigenvalue weighted by Gasteiger charge is 2.34. The van der Waals surface area contributed by atoms with Crippen molar-refractivity contribution in [2.24, 2.45) is 7.05 Å². The van der Waals surface area contributed by atoms with E-state index in [2.05, 4.69) is 30.4 Å². The molecule has 1 aliphatic heterocycles. The first-order valence-corrected chi connectivity index (χ1v) is 12.0. The highest BCUT2D eigenvalue weighted by atomic mass is 35.5. The second-order valence-corrected chi connectivity index (χ2v) is 9.31. The summed E-state index contributed by atoms with van der Waals surface area (Å²) in [6.45, 7) is 0.791. The number of hydrogen-bond acceptors (Lipinski definition) is 8. The highest BCUT2D eigenvalue weighted by molar-refractivity contribution is 6.36. The van der Waals surface area contributed by atoms with Gasteiger partial charge in [-0.25, -0.2) is 19.5 Å².